The molecule has 1 atom stereocenters. The predicted molar refractivity (Wildman–Crippen MR) is 99.0 cm³/mol. The Morgan fingerprint density at radius 2 is 1.68 bits per heavy atom. The molecule has 1 heterocycles. The van der Waals surface area contributed by atoms with Crippen molar-refractivity contribution in [2.24, 2.45) is 7.05 Å². The van der Waals surface area contributed by atoms with Gasteiger partial charge in [-0.1, -0.05) is 54.6 Å². The lowest BCUT2D eigenvalue weighted by Crippen LogP contribution is -2.30. The molecule has 4 heteroatoms. The van der Waals surface area contributed by atoms with Crippen molar-refractivity contribution in [3.8, 4) is 11.1 Å². The normalized spacial score (nSPS) is 11.9. The maximum Gasteiger partial charge on any atom is 0.224 e. The quantitative estimate of drug-likeness (QED) is 0.728. The van der Waals surface area contributed by atoms with Crippen LogP contribution in [0, 0.1) is 0 Å². The van der Waals surface area contributed by atoms with Gasteiger partial charge in [-0.05, 0) is 28.8 Å². The van der Waals surface area contributed by atoms with Crippen LogP contribution < -0.4 is 5.32 Å². The molecule has 0 bridgehead atoms. The maximum atomic E-state index is 12.1. The number of aromatic nitrogens is 1. The Bertz CT molecular complexity index is 823. The monoisotopic (exact) mass is 334 g/mol. The number of benzene rings is 2. The number of nitrogens with zero attached hydrogens (tertiary/aromatic N) is 1. The number of carbonyl (C=O) groups excluding carboxylic acids is 1. The Kier molecular flexibility index (Phi) is 5.31. The van der Waals surface area contributed by atoms with Crippen LogP contribution in [-0.4, -0.2) is 22.1 Å². The molecule has 25 heavy (non-hydrogen) atoms. The zero-order valence-electron chi connectivity index (χ0n) is 14.2. The van der Waals surface area contributed by atoms with Gasteiger partial charge in [-0.3, -0.25) is 4.79 Å². The summed E-state index contributed by atoms with van der Waals surface area (Å²) in [6.07, 6.45) is 1.47. The van der Waals surface area contributed by atoms with Gasteiger partial charge in [0.05, 0.1) is 6.42 Å². The molecular weight excluding hydrogens is 312 g/mol. The molecule has 3 aromatic rings. The SMILES string of the molecule is Cn1cccc1C(O)CNC(=O)Cc1ccc(-c2ccccc2)cc1. The summed E-state index contributed by atoms with van der Waals surface area (Å²) in [5, 5.41) is 12.9. The summed E-state index contributed by atoms with van der Waals surface area (Å²) in [6, 6.07) is 21.8. The lowest BCUT2D eigenvalue weighted by atomic mass is 10.0. The van der Waals surface area contributed by atoms with Crippen molar-refractivity contribution < 1.29 is 9.90 Å². The fourth-order valence-electron chi connectivity index (χ4n) is 2.83. The molecule has 2 N–H and O–H groups in total. The highest BCUT2D eigenvalue weighted by Gasteiger charge is 2.12. The fraction of sp³-hybridized carbons (Fsp3) is 0.190. The van der Waals surface area contributed by atoms with Crippen LogP contribution in [0.1, 0.15) is 17.4 Å². The van der Waals surface area contributed by atoms with Crippen molar-refractivity contribution in [1.82, 2.24) is 9.88 Å². The van der Waals surface area contributed by atoms with E-state index in [0.29, 0.717) is 6.42 Å². The standard InChI is InChI=1S/C21H22N2O2/c1-23-13-5-8-19(23)20(24)15-22-21(25)14-16-9-11-18(12-10-16)17-6-3-2-4-7-17/h2-13,20,24H,14-15H2,1H3,(H,22,25). The van der Waals surface area contributed by atoms with Gasteiger partial charge in [0.15, 0.2) is 0 Å². The zero-order chi connectivity index (χ0) is 17.6. The minimum absolute atomic E-state index is 0.0966. The molecule has 0 saturated heterocycles. The summed E-state index contributed by atoms with van der Waals surface area (Å²) in [4.78, 5) is 12.1. The Hall–Kier alpha value is -2.85. The van der Waals surface area contributed by atoms with Crippen molar-refractivity contribution >= 4 is 5.91 Å². The molecule has 128 valence electrons. The van der Waals surface area contributed by atoms with E-state index >= 15 is 0 Å². The molecule has 0 spiro atoms. The highest BCUT2D eigenvalue weighted by Crippen LogP contribution is 2.19. The van der Waals surface area contributed by atoms with Crippen molar-refractivity contribution in [3.05, 3.63) is 84.2 Å². The summed E-state index contributed by atoms with van der Waals surface area (Å²) in [7, 11) is 1.87. The van der Waals surface area contributed by atoms with Crippen LogP contribution in [0.4, 0.5) is 0 Å². The van der Waals surface area contributed by atoms with Gasteiger partial charge in [0.25, 0.3) is 0 Å². The van der Waals surface area contributed by atoms with Crippen molar-refractivity contribution in [2.75, 3.05) is 6.54 Å². The van der Waals surface area contributed by atoms with E-state index in [2.05, 4.69) is 17.4 Å². The number of amides is 1. The summed E-state index contributed by atoms with van der Waals surface area (Å²) < 4.78 is 1.85. The van der Waals surface area contributed by atoms with E-state index in [1.54, 1.807) is 0 Å². The number of hydrogen-bond donors (Lipinski definition) is 2. The van der Waals surface area contributed by atoms with Crippen LogP contribution in [0.25, 0.3) is 11.1 Å². The lowest BCUT2D eigenvalue weighted by molar-refractivity contribution is -0.120. The van der Waals surface area contributed by atoms with Crippen molar-refractivity contribution in [3.63, 3.8) is 0 Å². The van der Waals surface area contributed by atoms with E-state index in [1.165, 1.54) is 0 Å². The zero-order valence-corrected chi connectivity index (χ0v) is 14.2. The number of rotatable bonds is 6. The third-order valence-corrected chi connectivity index (χ3v) is 4.24. The molecule has 0 saturated carbocycles. The first-order chi connectivity index (χ1) is 12.1. The molecule has 3 rings (SSSR count). The van der Waals surface area contributed by atoms with Crippen LogP contribution in [0.2, 0.25) is 0 Å². The van der Waals surface area contributed by atoms with E-state index in [1.807, 2.05) is 72.4 Å². The summed E-state index contributed by atoms with van der Waals surface area (Å²) in [5.41, 5.74) is 4.02. The van der Waals surface area contributed by atoms with E-state index < -0.39 is 6.10 Å². The van der Waals surface area contributed by atoms with E-state index in [9.17, 15) is 9.90 Å². The van der Waals surface area contributed by atoms with Crippen LogP contribution in [0.5, 0.6) is 0 Å². The molecule has 0 aliphatic heterocycles. The molecule has 4 nitrogen and oxygen atoms in total. The Morgan fingerprint density at radius 1 is 1.00 bits per heavy atom. The molecule has 0 aliphatic carbocycles. The van der Waals surface area contributed by atoms with Crippen molar-refractivity contribution in [2.45, 2.75) is 12.5 Å². The van der Waals surface area contributed by atoms with Crippen LogP contribution in [-0.2, 0) is 18.3 Å². The second-order valence-corrected chi connectivity index (χ2v) is 6.10. The number of carbonyl (C=O) groups is 1. The highest BCUT2D eigenvalue weighted by molar-refractivity contribution is 5.78. The van der Waals surface area contributed by atoms with Crippen LogP contribution >= 0.6 is 0 Å². The molecule has 2 aromatic carbocycles. The Balaban J connectivity index is 1.54. The van der Waals surface area contributed by atoms with Crippen LogP contribution in [0.15, 0.2) is 72.9 Å². The fourth-order valence-corrected chi connectivity index (χ4v) is 2.83. The second kappa shape index (κ2) is 7.81. The molecule has 1 unspecified atom stereocenters. The minimum atomic E-state index is -0.704. The topological polar surface area (TPSA) is 54.3 Å². The van der Waals surface area contributed by atoms with Gasteiger partial charge in [-0.2, -0.15) is 0 Å². The first-order valence-corrected chi connectivity index (χ1v) is 8.34. The van der Waals surface area contributed by atoms with Gasteiger partial charge in [0.2, 0.25) is 5.91 Å². The van der Waals surface area contributed by atoms with Gasteiger partial charge >= 0.3 is 0 Å². The van der Waals surface area contributed by atoms with Gasteiger partial charge in [0.1, 0.15) is 6.10 Å². The second-order valence-electron chi connectivity index (χ2n) is 6.10. The number of nitrogens with one attached hydrogen (secondary N) is 1. The van der Waals surface area contributed by atoms with Gasteiger partial charge < -0.3 is 15.0 Å². The van der Waals surface area contributed by atoms with Gasteiger partial charge in [0, 0.05) is 25.5 Å². The third kappa shape index (κ3) is 4.37. The predicted octanol–water partition coefficient (Wildman–Crippen LogP) is 3.08. The van der Waals surface area contributed by atoms with Gasteiger partial charge in [-0.25, -0.2) is 0 Å². The number of hydrogen-bond acceptors (Lipinski definition) is 2. The largest absolute Gasteiger partial charge is 0.385 e. The first-order valence-electron chi connectivity index (χ1n) is 8.34. The maximum absolute atomic E-state index is 12.1. The number of aliphatic hydroxyl groups is 1. The molecule has 0 fully saturated rings. The molecule has 1 amide bonds. The molecule has 0 aliphatic rings. The summed E-state index contributed by atoms with van der Waals surface area (Å²) >= 11 is 0. The van der Waals surface area contributed by atoms with E-state index in [4.69, 9.17) is 0 Å². The molecule has 0 radical (unpaired) electrons. The molecule has 1 aromatic heterocycles. The third-order valence-electron chi connectivity index (χ3n) is 4.24. The number of aryl methyl sites for hydroxylation is 1. The first kappa shape index (κ1) is 17.0. The van der Waals surface area contributed by atoms with Crippen LogP contribution in [0.3, 0.4) is 0 Å². The Labute approximate surface area is 147 Å². The Morgan fingerprint density at radius 3 is 2.32 bits per heavy atom. The average molecular weight is 334 g/mol. The summed E-state index contributed by atoms with van der Waals surface area (Å²) in [6.45, 7) is 0.207. The smallest absolute Gasteiger partial charge is 0.224 e. The van der Waals surface area contributed by atoms with Crippen molar-refractivity contribution in [1.29, 1.82) is 0 Å². The van der Waals surface area contributed by atoms with E-state index in [0.717, 1.165) is 22.4 Å². The number of aliphatic hydroxyl groups excluding tert-OH is 1. The van der Waals surface area contributed by atoms with E-state index in [-0.39, 0.29) is 12.5 Å². The lowest BCUT2D eigenvalue weighted by Gasteiger charge is -2.13. The minimum Gasteiger partial charge on any atom is -0.385 e. The summed E-state index contributed by atoms with van der Waals surface area (Å²) in [5.74, 6) is -0.0966. The highest BCUT2D eigenvalue weighted by atomic mass is 16.3. The van der Waals surface area contributed by atoms with Gasteiger partial charge in [-0.15, -0.1) is 0 Å². The average Bonchev–Trinajstić information content (AvgIpc) is 3.07. The molecular formula is C21H22N2O2.